The quantitative estimate of drug-likeness (QED) is 0.240. The van der Waals surface area contributed by atoms with Gasteiger partial charge in [0.25, 0.3) is 5.22 Å². The lowest BCUT2D eigenvalue weighted by molar-refractivity contribution is -0.113. The third-order valence-electron chi connectivity index (χ3n) is 5.23. The number of hydrogen-bond donors (Lipinski definition) is 1. The molecule has 1 amide bonds. The first kappa shape index (κ1) is 21.6. The van der Waals surface area contributed by atoms with E-state index in [1.54, 1.807) is 36.4 Å². The number of amides is 1. The summed E-state index contributed by atoms with van der Waals surface area (Å²) in [5.74, 6) is 0.0351. The molecule has 4 aromatic carbocycles. The maximum atomic E-state index is 12.9. The van der Waals surface area contributed by atoms with Crippen LogP contribution in [0.4, 0.5) is 5.69 Å². The Balaban J connectivity index is 1.27. The molecule has 0 radical (unpaired) electrons. The molecule has 1 aromatic heterocycles. The number of aromatic nitrogens is 2. The van der Waals surface area contributed by atoms with Crippen molar-refractivity contribution >= 4 is 39.9 Å². The number of para-hydroxylation sites is 1. The van der Waals surface area contributed by atoms with Crippen LogP contribution in [0.5, 0.6) is 0 Å². The zero-order chi connectivity index (χ0) is 23.3. The molecule has 7 heteroatoms. The van der Waals surface area contributed by atoms with Gasteiger partial charge in [0.1, 0.15) is 0 Å². The number of carbonyl (C=O) groups is 2. The van der Waals surface area contributed by atoms with Gasteiger partial charge in [0.2, 0.25) is 11.8 Å². The molecule has 34 heavy (non-hydrogen) atoms. The van der Waals surface area contributed by atoms with Crippen LogP contribution in [-0.2, 0) is 4.79 Å². The molecule has 5 aromatic rings. The van der Waals surface area contributed by atoms with Crippen molar-refractivity contribution in [3.63, 3.8) is 0 Å². The molecule has 0 bridgehead atoms. The van der Waals surface area contributed by atoms with E-state index in [0.29, 0.717) is 27.9 Å². The Morgan fingerprint density at radius 2 is 1.53 bits per heavy atom. The summed E-state index contributed by atoms with van der Waals surface area (Å²) in [4.78, 5) is 25.5. The predicted octanol–water partition coefficient (Wildman–Crippen LogP) is 5.85. The van der Waals surface area contributed by atoms with Crippen LogP contribution in [0.3, 0.4) is 0 Å². The average molecular weight is 466 g/mol. The Morgan fingerprint density at radius 1 is 0.794 bits per heavy atom. The Bertz CT molecular complexity index is 1480. The Hall–Kier alpha value is -4.23. The first-order valence-electron chi connectivity index (χ1n) is 10.6. The van der Waals surface area contributed by atoms with Crippen LogP contribution in [-0.4, -0.2) is 27.6 Å². The second-order valence-corrected chi connectivity index (χ2v) is 8.40. The van der Waals surface area contributed by atoms with Gasteiger partial charge in [-0.1, -0.05) is 90.6 Å². The number of anilines is 1. The number of thioether (sulfide) groups is 1. The summed E-state index contributed by atoms with van der Waals surface area (Å²) in [5, 5.41) is 13.4. The van der Waals surface area contributed by atoms with Gasteiger partial charge in [0.15, 0.2) is 5.78 Å². The Labute approximate surface area is 200 Å². The summed E-state index contributed by atoms with van der Waals surface area (Å²) in [6, 6.07) is 29.8. The molecule has 166 valence electrons. The molecule has 0 aliphatic rings. The van der Waals surface area contributed by atoms with Gasteiger partial charge in [-0.3, -0.25) is 9.59 Å². The fraction of sp³-hybridized carbons (Fsp3) is 0.0370. The molecule has 1 N–H and O–H groups in total. The third-order valence-corrected chi connectivity index (χ3v) is 6.05. The van der Waals surface area contributed by atoms with Gasteiger partial charge in [0.05, 0.1) is 11.4 Å². The van der Waals surface area contributed by atoms with Gasteiger partial charge >= 0.3 is 0 Å². The van der Waals surface area contributed by atoms with Crippen LogP contribution < -0.4 is 5.32 Å². The normalized spacial score (nSPS) is 10.8. The lowest BCUT2D eigenvalue weighted by Gasteiger charge is -2.10. The zero-order valence-electron chi connectivity index (χ0n) is 18.0. The zero-order valence-corrected chi connectivity index (χ0v) is 18.8. The van der Waals surface area contributed by atoms with E-state index in [1.165, 1.54) is 0 Å². The number of ketones is 1. The fourth-order valence-corrected chi connectivity index (χ4v) is 4.20. The lowest BCUT2D eigenvalue weighted by atomic mass is 10.0. The Kier molecular flexibility index (Phi) is 6.18. The third kappa shape index (κ3) is 4.60. The van der Waals surface area contributed by atoms with Crippen LogP contribution in [0.2, 0.25) is 0 Å². The van der Waals surface area contributed by atoms with Crippen LogP contribution in [0.25, 0.3) is 22.2 Å². The number of carbonyl (C=O) groups excluding carboxylic acids is 2. The number of fused-ring (bicyclic) bond motifs is 1. The number of hydrogen-bond acceptors (Lipinski definition) is 6. The SMILES string of the molecule is O=C(CSc1nnc(-c2cccc3ccccc23)o1)Nc1ccccc1C(=O)c1ccccc1. The number of nitrogens with zero attached hydrogens (tertiary/aromatic N) is 2. The van der Waals surface area contributed by atoms with Crippen molar-refractivity contribution in [1.29, 1.82) is 0 Å². The molecule has 0 aliphatic carbocycles. The van der Waals surface area contributed by atoms with Crippen molar-refractivity contribution in [3.05, 3.63) is 108 Å². The molecule has 0 spiro atoms. The molecular weight excluding hydrogens is 446 g/mol. The number of nitrogens with one attached hydrogen (secondary N) is 1. The molecule has 0 unspecified atom stereocenters. The van der Waals surface area contributed by atoms with Crippen molar-refractivity contribution in [2.45, 2.75) is 5.22 Å². The maximum absolute atomic E-state index is 12.9. The summed E-state index contributed by atoms with van der Waals surface area (Å²) >= 11 is 1.14. The van der Waals surface area contributed by atoms with E-state index in [0.717, 1.165) is 28.1 Å². The van der Waals surface area contributed by atoms with Gasteiger partial charge in [0, 0.05) is 16.7 Å². The van der Waals surface area contributed by atoms with Gasteiger partial charge in [-0.25, -0.2) is 0 Å². The molecular formula is C27H19N3O3S. The van der Waals surface area contributed by atoms with E-state index < -0.39 is 0 Å². The maximum Gasteiger partial charge on any atom is 0.277 e. The van der Waals surface area contributed by atoms with Gasteiger partial charge in [-0.2, -0.15) is 0 Å². The van der Waals surface area contributed by atoms with Crippen molar-refractivity contribution in [3.8, 4) is 11.5 Å². The second-order valence-electron chi connectivity index (χ2n) is 7.48. The van der Waals surface area contributed by atoms with Crippen LogP contribution in [0.1, 0.15) is 15.9 Å². The first-order chi connectivity index (χ1) is 16.7. The molecule has 6 nitrogen and oxygen atoms in total. The Morgan fingerprint density at radius 3 is 2.41 bits per heavy atom. The number of rotatable bonds is 7. The summed E-state index contributed by atoms with van der Waals surface area (Å²) < 4.78 is 5.80. The molecule has 0 aliphatic heterocycles. The molecule has 0 fully saturated rings. The van der Waals surface area contributed by atoms with Crippen molar-refractivity contribution in [2.24, 2.45) is 0 Å². The minimum atomic E-state index is -0.275. The van der Waals surface area contributed by atoms with Gasteiger partial charge < -0.3 is 9.73 Å². The highest BCUT2D eigenvalue weighted by Crippen LogP contribution is 2.29. The molecule has 1 heterocycles. The minimum absolute atomic E-state index is 0.0605. The second kappa shape index (κ2) is 9.72. The van der Waals surface area contributed by atoms with Crippen LogP contribution in [0, 0.1) is 0 Å². The average Bonchev–Trinajstić information content (AvgIpc) is 3.36. The van der Waals surface area contributed by atoms with Gasteiger partial charge in [-0.15, -0.1) is 10.2 Å². The summed E-state index contributed by atoms with van der Waals surface area (Å²) in [7, 11) is 0. The summed E-state index contributed by atoms with van der Waals surface area (Å²) in [5.41, 5.74) is 2.30. The van der Waals surface area contributed by atoms with Crippen molar-refractivity contribution in [2.75, 3.05) is 11.1 Å². The van der Waals surface area contributed by atoms with E-state index in [9.17, 15) is 9.59 Å². The first-order valence-corrected chi connectivity index (χ1v) is 11.6. The highest BCUT2D eigenvalue weighted by atomic mass is 32.2. The fourth-order valence-electron chi connectivity index (χ4n) is 3.64. The highest BCUT2D eigenvalue weighted by molar-refractivity contribution is 7.99. The van der Waals surface area contributed by atoms with Crippen molar-refractivity contribution < 1.29 is 14.0 Å². The molecule has 0 atom stereocenters. The standard InChI is InChI=1S/C27H19N3O3S/c31-24(28-23-16-7-6-14-22(23)25(32)19-10-2-1-3-11-19)17-34-27-30-29-26(33-27)21-15-8-12-18-9-4-5-13-20(18)21/h1-16H,17H2,(H,28,31). The van der Waals surface area contributed by atoms with Gasteiger partial charge in [-0.05, 0) is 29.0 Å². The molecule has 5 rings (SSSR count). The van der Waals surface area contributed by atoms with E-state index in [1.807, 2.05) is 60.7 Å². The monoisotopic (exact) mass is 465 g/mol. The van der Waals surface area contributed by atoms with E-state index >= 15 is 0 Å². The van der Waals surface area contributed by atoms with E-state index in [4.69, 9.17) is 4.42 Å². The topological polar surface area (TPSA) is 85.1 Å². The summed E-state index contributed by atoms with van der Waals surface area (Å²) in [6.07, 6.45) is 0. The highest BCUT2D eigenvalue weighted by Gasteiger charge is 2.16. The minimum Gasteiger partial charge on any atom is -0.411 e. The lowest BCUT2D eigenvalue weighted by Crippen LogP contribution is -2.17. The van der Waals surface area contributed by atoms with Crippen LogP contribution >= 0.6 is 11.8 Å². The molecule has 0 saturated carbocycles. The smallest absolute Gasteiger partial charge is 0.277 e. The molecule has 0 saturated heterocycles. The predicted molar refractivity (Wildman–Crippen MR) is 133 cm³/mol. The number of benzene rings is 4. The summed E-state index contributed by atoms with van der Waals surface area (Å²) in [6.45, 7) is 0. The van der Waals surface area contributed by atoms with E-state index in [-0.39, 0.29) is 17.4 Å². The largest absolute Gasteiger partial charge is 0.411 e. The van der Waals surface area contributed by atoms with Crippen molar-refractivity contribution in [1.82, 2.24) is 10.2 Å². The van der Waals surface area contributed by atoms with E-state index in [2.05, 4.69) is 15.5 Å². The van der Waals surface area contributed by atoms with Crippen LogP contribution in [0.15, 0.2) is 107 Å².